The normalized spacial score (nSPS) is 11.5. The highest BCUT2D eigenvalue weighted by atomic mass is 19.4. The Balaban J connectivity index is 1.00. The van der Waals surface area contributed by atoms with Gasteiger partial charge in [0.2, 0.25) is 0 Å². The average Bonchev–Trinajstić information content (AvgIpc) is 3.34. The molecular formula is C54H35F3N6. The molecule has 6 nitrogen and oxygen atoms in total. The largest absolute Gasteiger partial charge is 0.416 e. The van der Waals surface area contributed by atoms with Gasteiger partial charge < -0.3 is 0 Å². The summed E-state index contributed by atoms with van der Waals surface area (Å²) >= 11 is 0. The number of hydrogen-bond acceptors (Lipinski definition) is 6. The Morgan fingerprint density at radius 2 is 0.603 bits per heavy atom. The van der Waals surface area contributed by atoms with E-state index in [0.29, 0.717) is 34.7 Å². The van der Waals surface area contributed by atoms with Crippen molar-refractivity contribution >= 4 is 10.8 Å². The predicted molar refractivity (Wildman–Crippen MR) is 244 cm³/mol. The van der Waals surface area contributed by atoms with Gasteiger partial charge in [-0.15, -0.1) is 0 Å². The summed E-state index contributed by atoms with van der Waals surface area (Å²) in [5.41, 5.74) is 9.25. The van der Waals surface area contributed by atoms with E-state index in [-0.39, 0.29) is 5.82 Å². The van der Waals surface area contributed by atoms with E-state index in [4.69, 9.17) is 24.9 Å². The van der Waals surface area contributed by atoms with Crippen LogP contribution in [0.4, 0.5) is 13.2 Å². The molecule has 302 valence electrons. The lowest BCUT2D eigenvalue weighted by atomic mass is 9.91. The van der Waals surface area contributed by atoms with Gasteiger partial charge in [-0.25, -0.2) is 29.9 Å². The quantitative estimate of drug-likeness (QED) is 0.152. The van der Waals surface area contributed by atoms with Gasteiger partial charge in [-0.05, 0) is 52.1 Å². The van der Waals surface area contributed by atoms with Crippen LogP contribution >= 0.6 is 0 Å². The molecule has 0 saturated heterocycles. The summed E-state index contributed by atoms with van der Waals surface area (Å²) in [5, 5.41) is 2.20. The lowest BCUT2D eigenvalue weighted by Gasteiger charge is -2.14. The Labute approximate surface area is 361 Å². The molecule has 0 aliphatic heterocycles. The second kappa shape index (κ2) is 16.4. The zero-order valence-electron chi connectivity index (χ0n) is 33.8. The molecule has 0 aliphatic rings. The third kappa shape index (κ3) is 8.07. The first-order valence-corrected chi connectivity index (χ1v) is 20.3. The van der Waals surface area contributed by atoms with E-state index in [1.54, 1.807) is 0 Å². The Bertz CT molecular complexity index is 3220. The van der Waals surface area contributed by atoms with Crippen molar-refractivity contribution in [1.82, 2.24) is 29.9 Å². The number of fused-ring (bicyclic) bond motifs is 1. The molecule has 63 heavy (non-hydrogen) atoms. The molecular weight excluding hydrogens is 790 g/mol. The standard InChI is InChI=1S/C54H35F3N6/c1-34-18-20-40(21-19-34)50-58-48(38-10-4-2-5-11-38)59-51(62-50)41-26-22-35(23-27-41)45-16-8-14-37-15-9-17-46(47(37)45)36-24-28-42(29-25-36)52-60-49(39-12-6-3-7-13-39)61-53(63-52)43-30-32-44(33-31-43)54(55,56)57/h2-33H,1H3. The number of rotatable bonds is 8. The molecule has 8 aromatic carbocycles. The van der Waals surface area contributed by atoms with Crippen LogP contribution in [0.25, 0.3) is 101 Å². The smallest absolute Gasteiger partial charge is 0.208 e. The van der Waals surface area contributed by atoms with E-state index in [2.05, 4.69) is 84.7 Å². The monoisotopic (exact) mass is 824 g/mol. The maximum Gasteiger partial charge on any atom is 0.416 e. The first-order chi connectivity index (χ1) is 30.7. The van der Waals surface area contributed by atoms with Gasteiger partial charge in [-0.3, -0.25) is 0 Å². The molecule has 0 saturated carbocycles. The van der Waals surface area contributed by atoms with E-state index < -0.39 is 11.7 Å². The van der Waals surface area contributed by atoms with E-state index >= 15 is 0 Å². The molecule has 0 aliphatic carbocycles. The van der Waals surface area contributed by atoms with Gasteiger partial charge in [0.25, 0.3) is 0 Å². The second-order valence-electron chi connectivity index (χ2n) is 15.1. The molecule has 0 unspecified atom stereocenters. The van der Waals surface area contributed by atoms with Crippen molar-refractivity contribution in [2.24, 2.45) is 0 Å². The molecule has 2 aromatic heterocycles. The fourth-order valence-electron chi connectivity index (χ4n) is 7.63. The average molecular weight is 825 g/mol. The van der Waals surface area contributed by atoms with Gasteiger partial charge in [-0.2, -0.15) is 13.2 Å². The van der Waals surface area contributed by atoms with Crippen molar-refractivity contribution in [3.8, 4) is 90.6 Å². The molecule has 10 aromatic rings. The van der Waals surface area contributed by atoms with Crippen LogP contribution in [0.3, 0.4) is 0 Å². The summed E-state index contributed by atoms with van der Waals surface area (Å²) in [7, 11) is 0. The van der Waals surface area contributed by atoms with E-state index in [1.165, 1.54) is 12.1 Å². The van der Waals surface area contributed by atoms with E-state index in [9.17, 15) is 13.2 Å². The summed E-state index contributed by atoms with van der Waals surface area (Å²) in [6.07, 6.45) is -4.45. The molecule has 10 rings (SSSR count). The van der Waals surface area contributed by atoms with Gasteiger partial charge in [0.05, 0.1) is 5.56 Å². The Hall–Kier alpha value is -8.17. The van der Waals surface area contributed by atoms with E-state index in [1.807, 2.05) is 97.1 Å². The zero-order valence-corrected chi connectivity index (χ0v) is 33.8. The van der Waals surface area contributed by atoms with Crippen LogP contribution in [-0.4, -0.2) is 29.9 Å². The van der Waals surface area contributed by atoms with Crippen molar-refractivity contribution in [2.75, 3.05) is 0 Å². The van der Waals surface area contributed by atoms with Crippen LogP contribution in [0.2, 0.25) is 0 Å². The Morgan fingerprint density at radius 3 is 0.952 bits per heavy atom. The molecule has 0 radical (unpaired) electrons. The minimum Gasteiger partial charge on any atom is -0.208 e. The van der Waals surface area contributed by atoms with Crippen LogP contribution in [0, 0.1) is 6.92 Å². The molecule has 0 fully saturated rings. The highest BCUT2D eigenvalue weighted by Gasteiger charge is 2.30. The third-order valence-electron chi connectivity index (χ3n) is 10.9. The summed E-state index contributed by atoms with van der Waals surface area (Å²) in [6, 6.07) is 61.5. The number of nitrogens with zero attached hydrogens (tertiary/aromatic N) is 6. The topological polar surface area (TPSA) is 77.3 Å². The van der Waals surface area contributed by atoms with E-state index in [0.717, 1.165) is 78.5 Å². The minimum atomic E-state index is -4.45. The second-order valence-corrected chi connectivity index (χ2v) is 15.1. The van der Waals surface area contributed by atoms with Crippen LogP contribution in [-0.2, 0) is 6.18 Å². The number of aryl methyl sites for hydroxylation is 1. The van der Waals surface area contributed by atoms with Crippen molar-refractivity contribution in [2.45, 2.75) is 13.1 Å². The van der Waals surface area contributed by atoms with Crippen molar-refractivity contribution in [3.05, 3.63) is 205 Å². The molecule has 0 spiro atoms. The van der Waals surface area contributed by atoms with Gasteiger partial charge in [0.15, 0.2) is 34.9 Å². The van der Waals surface area contributed by atoms with Crippen LogP contribution in [0.15, 0.2) is 194 Å². The van der Waals surface area contributed by atoms with Crippen LogP contribution in [0.5, 0.6) is 0 Å². The SMILES string of the molecule is Cc1ccc(-c2nc(-c3ccccc3)nc(-c3ccc(-c4cccc5cccc(-c6ccc(-c7nc(-c8ccccc8)nc(-c8ccc(C(F)(F)F)cc8)n7)cc6)c45)cc3)n2)cc1. The number of aromatic nitrogens is 6. The summed E-state index contributed by atoms with van der Waals surface area (Å²) in [5.74, 6) is 2.91. The highest BCUT2D eigenvalue weighted by Crippen LogP contribution is 2.38. The van der Waals surface area contributed by atoms with Gasteiger partial charge >= 0.3 is 6.18 Å². The number of alkyl halides is 3. The summed E-state index contributed by atoms with van der Waals surface area (Å²) in [4.78, 5) is 29.0. The molecule has 0 N–H and O–H groups in total. The van der Waals surface area contributed by atoms with Crippen LogP contribution in [0.1, 0.15) is 11.1 Å². The summed E-state index contributed by atoms with van der Waals surface area (Å²) in [6.45, 7) is 2.06. The lowest BCUT2D eigenvalue weighted by Crippen LogP contribution is -2.04. The maximum absolute atomic E-state index is 13.4. The Kier molecular flexibility index (Phi) is 10.1. The molecule has 0 atom stereocenters. The highest BCUT2D eigenvalue weighted by molar-refractivity contribution is 6.06. The summed E-state index contributed by atoms with van der Waals surface area (Å²) < 4.78 is 40.2. The van der Waals surface area contributed by atoms with Gasteiger partial charge in [0, 0.05) is 33.4 Å². The molecule has 0 bridgehead atoms. The van der Waals surface area contributed by atoms with Gasteiger partial charge in [-0.1, -0.05) is 188 Å². The van der Waals surface area contributed by atoms with Crippen LogP contribution < -0.4 is 0 Å². The predicted octanol–water partition coefficient (Wildman–Crippen LogP) is 13.9. The zero-order chi connectivity index (χ0) is 42.9. The van der Waals surface area contributed by atoms with Crippen molar-refractivity contribution < 1.29 is 13.2 Å². The number of hydrogen-bond donors (Lipinski definition) is 0. The first kappa shape index (κ1) is 39.0. The third-order valence-corrected chi connectivity index (χ3v) is 10.9. The molecule has 0 amide bonds. The Morgan fingerprint density at radius 1 is 0.302 bits per heavy atom. The number of benzene rings is 8. The molecule has 9 heteroatoms. The fourth-order valence-corrected chi connectivity index (χ4v) is 7.63. The molecule has 2 heterocycles. The van der Waals surface area contributed by atoms with Gasteiger partial charge in [0.1, 0.15) is 0 Å². The maximum atomic E-state index is 13.4. The van der Waals surface area contributed by atoms with Crippen molar-refractivity contribution in [3.63, 3.8) is 0 Å². The number of halogens is 3. The minimum absolute atomic E-state index is 0.278. The lowest BCUT2D eigenvalue weighted by molar-refractivity contribution is -0.137. The van der Waals surface area contributed by atoms with Crippen molar-refractivity contribution in [1.29, 1.82) is 0 Å². The fraction of sp³-hybridized carbons (Fsp3) is 0.0370. The first-order valence-electron chi connectivity index (χ1n) is 20.3.